The van der Waals surface area contributed by atoms with E-state index in [2.05, 4.69) is 10.2 Å². The van der Waals surface area contributed by atoms with Crippen LogP contribution in [-0.2, 0) is 0 Å². The van der Waals surface area contributed by atoms with Gasteiger partial charge in [0.25, 0.3) is 0 Å². The summed E-state index contributed by atoms with van der Waals surface area (Å²) in [7, 11) is 0. The molecule has 0 aliphatic carbocycles. The Morgan fingerprint density at radius 2 is 2.00 bits per heavy atom. The highest BCUT2D eigenvalue weighted by molar-refractivity contribution is 4.79. The largest absolute Gasteiger partial charge is 0.328 e. The maximum absolute atomic E-state index is 5.87. The maximum Gasteiger partial charge on any atom is 0.00631 e. The lowest BCUT2D eigenvalue weighted by molar-refractivity contribution is 0.188. The van der Waals surface area contributed by atoms with Crippen LogP contribution in [0, 0.1) is 5.92 Å². The third-order valence-electron chi connectivity index (χ3n) is 3.31. The average molecular weight is 183 g/mol. The first kappa shape index (κ1) is 9.44. The van der Waals surface area contributed by atoms with Crippen molar-refractivity contribution in [3.63, 3.8) is 0 Å². The minimum Gasteiger partial charge on any atom is -0.328 e. The van der Waals surface area contributed by atoms with Crippen LogP contribution in [0.5, 0.6) is 0 Å². The molecule has 3 heteroatoms. The smallest absolute Gasteiger partial charge is 0.00631 e. The molecule has 3 N–H and O–H groups in total. The van der Waals surface area contributed by atoms with Gasteiger partial charge in [-0.25, -0.2) is 0 Å². The zero-order valence-corrected chi connectivity index (χ0v) is 8.34. The van der Waals surface area contributed by atoms with Gasteiger partial charge in [0.15, 0.2) is 0 Å². The van der Waals surface area contributed by atoms with Crippen molar-refractivity contribution in [1.29, 1.82) is 0 Å². The fraction of sp³-hybridized carbons (Fsp3) is 1.00. The van der Waals surface area contributed by atoms with Gasteiger partial charge in [0.05, 0.1) is 0 Å². The minimum absolute atomic E-state index is 0.470. The van der Waals surface area contributed by atoms with Crippen LogP contribution in [0.1, 0.15) is 19.3 Å². The molecule has 0 aromatic heterocycles. The van der Waals surface area contributed by atoms with E-state index in [9.17, 15) is 0 Å². The maximum atomic E-state index is 5.87. The fourth-order valence-electron chi connectivity index (χ4n) is 2.37. The van der Waals surface area contributed by atoms with Gasteiger partial charge in [-0.1, -0.05) is 0 Å². The third-order valence-corrected chi connectivity index (χ3v) is 3.31. The number of piperidine rings is 1. The molecule has 2 saturated heterocycles. The SMILES string of the molecule is NC1CCN(CC2CCNC2)CC1. The van der Waals surface area contributed by atoms with Gasteiger partial charge in [-0.15, -0.1) is 0 Å². The molecule has 2 fully saturated rings. The van der Waals surface area contributed by atoms with Gasteiger partial charge < -0.3 is 16.0 Å². The van der Waals surface area contributed by atoms with E-state index in [1.165, 1.54) is 52.0 Å². The van der Waals surface area contributed by atoms with E-state index < -0.39 is 0 Å². The fourth-order valence-corrected chi connectivity index (χ4v) is 2.37. The second-order valence-corrected chi connectivity index (χ2v) is 4.50. The van der Waals surface area contributed by atoms with Crippen LogP contribution in [0.25, 0.3) is 0 Å². The Bertz CT molecular complexity index is 146. The van der Waals surface area contributed by atoms with Crippen molar-refractivity contribution in [2.45, 2.75) is 25.3 Å². The predicted molar refractivity (Wildman–Crippen MR) is 54.6 cm³/mol. The number of nitrogens with zero attached hydrogens (tertiary/aromatic N) is 1. The molecule has 1 unspecified atom stereocenters. The molecule has 2 heterocycles. The summed E-state index contributed by atoms with van der Waals surface area (Å²) in [6.07, 6.45) is 3.75. The van der Waals surface area contributed by atoms with Gasteiger partial charge in [0.2, 0.25) is 0 Å². The van der Waals surface area contributed by atoms with Crippen LogP contribution in [0.3, 0.4) is 0 Å². The molecule has 0 spiro atoms. The molecule has 1 atom stereocenters. The summed E-state index contributed by atoms with van der Waals surface area (Å²) in [5.41, 5.74) is 5.87. The van der Waals surface area contributed by atoms with E-state index >= 15 is 0 Å². The Kier molecular flexibility index (Phi) is 3.19. The zero-order valence-electron chi connectivity index (χ0n) is 8.34. The van der Waals surface area contributed by atoms with Gasteiger partial charge in [0, 0.05) is 12.6 Å². The van der Waals surface area contributed by atoms with E-state index in [1.54, 1.807) is 0 Å². The normalized spacial score (nSPS) is 32.5. The van der Waals surface area contributed by atoms with Crippen LogP contribution in [0.4, 0.5) is 0 Å². The highest BCUT2D eigenvalue weighted by atomic mass is 15.1. The zero-order chi connectivity index (χ0) is 9.10. The number of likely N-dealkylation sites (tertiary alicyclic amines) is 1. The topological polar surface area (TPSA) is 41.3 Å². The number of rotatable bonds is 2. The Hall–Kier alpha value is -0.120. The van der Waals surface area contributed by atoms with Gasteiger partial charge in [-0.3, -0.25) is 0 Å². The molecular formula is C10H21N3. The summed E-state index contributed by atoms with van der Waals surface area (Å²) in [5.74, 6) is 0.898. The number of nitrogens with one attached hydrogen (secondary N) is 1. The Morgan fingerprint density at radius 1 is 1.23 bits per heavy atom. The van der Waals surface area contributed by atoms with Crippen molar-refractivity contribution in [3.05, 3.63) is 0 Å². The lowest BCUT2D eigenvalue weighted by Crippen LogP contribution is -2.42. The minimum atomic E-state index is 0.470. The van der Waals surface area contributed by atoms with Crippen LogP contribution < -0.4 is 11.1 Å². The van der Waals surface area contributed by atoms with Gasteiger partial charge in [0.1, 0.15) is 0 Å². The molecule has 0 saturated carbocycles. The summed E-state index contributed by atoms with van der Waals surface area (Å²) >= 11 is 0. The van der Waals surface area contributed by atoms with E-state index in [-0.39, 0.29) is 0 Å². The van der Waals surface area contributed by atoms with Crippen molar-refractivity contribution >= 4 is 0 Å². The molecule has 13 heavy (non-hydrogen) atoms. The van der Waals surface area contributed by atoms with E-state index in [0.717, 1.165) is 5.92 Å². The molecule has 0 aromatic carbocycles. The molecule has 76 valence electrons. The molecule has 0 aromatic rings. The molecule has 2 rings (SSSR count). The Morgan fingerprint density at radius 3 is 2.62 bits per heavy atom. The summed E-state index contributed by atoms with van der Waals surface area (Å²) in [6.45, 7) is 6.18. The first-order chi connectivity index (χ1) is 6.34. The second kappa shape index (κ2) is 4.40. The van der Waals surface area contributed by atoms with Crippen LogP contribution >= 0.6 is 0 Å². The Labute approximate surface area is 80.7 Å². The molecule has 0 bridgehead atoms. The van der Waals surface area contributed by atoms with E-state index in [4.69, 9.17) is 5.73 Å². The third kappa shape index (κ3) is 2.66. The van der Waals surface area contributed by atoms with Gasteiger partial charge >= 0.3 is 0 Å². The Balaban J connectivity index is 1.69. The summed E-state index contributed by atoms with van der Waals surface area (Å²) in [6, 6.07) is 0.470. The van der Waals surface area contributed by atoms with Crippen molar-refractivity contribution in [1.82, 2.24) is 10.2 Å². The number of hydrogen-bond donors (Lipinski definition) is 2. The summed E-state index contributed by atoms with van der Waals surface area (Å²) in [5, 5.41) is 3.42. The summed E-state index contributed by atoms with van der Waals surface area (Å²) in [4.78, 5) is 2.58. The molecule has 0 amide bonds. The standard InChI is InChI=1S/C10H21N3/c11-10-2-5-13(6-3-10)8-9-1-4-12-7-9/h9-10,12H,1-8,11H2. The van der Waals surface area contributed by atoms with Crippen LogP contribution in [-0.4, -0.2) is 43.7 Å². The first-order valence-corrected chi connectivity index (χ1v) is 5.53. The molecule has 2 aliphatic heterocycles. The lowest BCUT2D eigenvalue weighted by atomic mass is 10.0. The quantitative estimate of drug-likeness (QED) is 0.634. The predicted octanol–water partition coefficient (Wildman–Crippen LogP) is 0.0190. The number of nitrogens with two attached hydrogens (primary N) is 1. The summed E-state index contributed by atoms with van der Waals surface area (Å²) < 4.78 is 0. The first-order valence-electron chi connectivity index (χ1n) is 5.53. The highest BCUT2D eigenvalue weighted by Crippen LogP contribution is 2.14. The molecular weight excluding hydrogens is 162 g/mol. The van der Waals surface area contributed by atoms with E-state index in [1.807, 2.05) is 0 Å². The molecule has 0 radical (unpaired) electrons. The average Bonchev–Trinajstić information content (AvgIpc) is 2.62. The van der Waals surface area contributed by atoms with Gasteiger partial charge in [-0.05, 0) is 51.4 Å². The van der Waals surface area contributed by atoms with Crippen molar-refractivity contribution in [2.75, 3.05) is 32.7 Å². The van der Waals surface area contributed by atoms with Crippen LogP contribution in [0.15, 0.2) is 0 Å². The number of hydrogen-bond acceptors (Lipinski definition) is 3. The van der Waals surface area contributed by atoms with E-state index in [0.29, 0.717) is 6.04 Å². The second-order valence-electron chi connectivity index (χ2n) is 4.50. The van der Waals surface area contributed by atoms with Crippen molar-refractivity contribution < 1.29 is 0 Å². The van der Waals surface area contributed by atoms with Crippen molar-refractivity contribution in [3.8, 4) is 0 Å². The highest BCUT2D eigenvalue weighted by Gasteiger charge is 2.21. The van der Waals surface area contributed by atoms with Crippen LogP contribution in [0.2, 0.25) is 0 Å². The van der Waals surface area contributed by atoms with Gasteiger partial charge in [-0.2, -0.15) is 0 Å². The molecule has 2 aliphatic rings. The monoisotopic (exact) mass is 183 g/mol. The molecule has 3 nitrogen and oxygen atoms in total. The van der Waals surface area contributed by atoms with Crippen molar-refractivity contribution in [2.24, 2.45) is 11.7 Å². The lowest BCUT2D eigenvalue weighted by Gasteiger charge is -2.31.